The van der Waals surface area contributed by atoms with Gasteiger partial charge in [-0.1, -0.05) is 25.1 Å². The Labute approximate surface area is 95.3 Å². The van der Waals surface area contributed by atoms with E-state index in [2.05, 4.69) is 0 Å². The number of carboxylic acid groups (broad SMARTS) is 1. The standard InChI is InChI=1S/C10H12O3.Li/c1-2-8-5-3-4-6-9(8)13-7-10(11)12;/h3-6H,2,7H2,1H3,(H,11,12);/q;+1/p-1. The van der Waals surface area contributed by atoms with Gasteiger partial charge < -0.3 is 14.6 Å². The fraction of sp³-hybridized carbons (Fsp3) is 0.300. The predicted molar refractivity (Wildman–Crippen MR) is 46.3 cm³/mol. The first-order valence-electron chi connectivity index (χ1n) is 4.14. The molecule has 0 aliphatic carbocycles. The van der Waals surface area contributed by atoms with Gasteiger partial charge in [0.25, 0.3) is 0 Å². The summed E-state index contributed by atoms with van der Waals surface area (Å²) >= 11 is 0. The molecule has 0 spiro atoms. The molecule has 0 aliphatic rings. The minimum Gasteiger partial charge on any atom is -0.546 e. The van der Waals surface area contributed by atoms with E-state index in [0.717, 1.165) is 12.0 Å². The van der Waals surface area contributed by atoms with Gasteiger partial charge in [-0.05, 0) is 18.1 Å². The molecule has 0 aromatic heterocycles. The number of carboxylic acids is 1. The summed E-state index contributed by atoms with van der Waals surface area (Å²) in [6.45, 7) is 1.60. The van der Waals surface area contributed by atoms with E-state index in [0.29, 0.717) is 5.75 Å². The van der Waals surface area contributed by atoms with Gasteiger partial charge in [0.2, 0.25) is 0 Å². The quantitative estimate of drug-likeness (QED) is 0.484. The topological polar surface area (TPSA) is 49.4 Å². The first-order valence-corrected chi connectivity index (χ1v) is 4.14. The maximum atomic E-state index is 10.1. The first kappa shape index (κ1) is 13.1. The molecular formula is C10H11LiO3. The number of carbonyl (C=O) groups excluding carboxylic acids is 1. The van der Waals surface area contributed by atoms with Crippen molar-refractivity contribution in [3.05, 3.63) is 29.8 Å². The number of carbonyl (C=O) groups is 1. The van der Waals surface area contributed by atoms with Gasteiger partial charge in [0.05, 0.1) is 5.97 Å². The third-order valence-electron chi connectivity index (χ3n) is 1.70. The number of benzene rings is 1. The van der Waals surface area contributed by atoms with Gasteiger partial charge in [0.1, 0.15) is 12.4 Å². The third kappa shape index (κ3) is 3.86. The molecule has 1 aromatic rings. The van der Waals surface area contributed by atoms with E-state index in [4.69, 9.17) is 4.74 Å². The van der Waals surface area contributed by atoms with Gasteiger partial charge in [-0.2, -0.15) is 0 Å². The average molecular weight is 186 g/mol. The molecule has 0 N–H and O–H groups in total. The van der Waals surface area contributed by atoms with Crippen molar-refractivity contribution in [1.29, 1.82) is 0 Å². The minimum absolute atomic E-state index is 0. The van der Waals surface area contributed by atoms with Crippen molar-refractivity contribution in [3.63, 3.8) is 0 Å². The summed E-state index contributed by atoms with van der Waals surface area (Å²) in [6.07, 6.45) is 0.823. The molecule has 14 heavy (non-hydrogen) atoms. The van der Waals surface area contributed by atoms with Crippen LogP contribution in [-0.2, 0) is 11.2 Å². The van der Waals surface area contributed by atoms with Crippen molar-refractivity contribution in [2.24, 2.45) is 0 Å². The molecule has 0 radical (unpaired) electrons. The van der Waals surface area contributed by atoms with E-state index in [1.807, 2.05) is 25.1 Å². The van der Waals surface area contributed by atoms with Gasteiger partial charge in [-0.15, -0.1) is 0 Å². The first-order chi connectivity index (χ1) is 6.24. The molecule has 0 saturated heterocycles. The Bertz CT molecular complexity index is 299. The van der Waals surface area contributed by atoms with Crippen LogP contribution in [0.1, 0.15) is 12.5 Å². The fourth-order valence-electron chi connectivity index (χ4n) is 1.07. The Hall–Kier alpha value is -0.913. The summed E-state index contributed by atoms with van der Waals surface area (Å²) in [5.74, 6) is -0.583. The molecule has 4 heteroatoms. The zero-order chi connectivity index (χ0) is 9.68. The molecule has 0 amide bonds. The van der Waals surface area contributed by atoms with Crippen LogP contribution in [0.5, 0.6) is 5.75 Å². The summed E-state index contributed by atoms with van der Waals surface area (Å²) in [5, 5.41) is 10.1. The maximum absolute atomic E-state index is 10.1. The average Bonchev–Trinajstić information content (AvgIpc) is 2.15. The molecule has 1 rings (SSSR count). The van der Waals surface area contributed by atoms with Gasteiger partial charge in [0, 0.05) is 0 Å². The number of hydrogen-bond acceptors (Lipinski definition) is 3. The summed E-state index contributed by atoms with van der Waals surface area (Å²) < 4.78 is 5.03. The molecule has 0 heterocycles. The number of aryl methyl sites for hydroxylation is 1. The van der Waals surface area contributed by atoms with Gasteiger partial charge in [0.15, 0.2) is 0 Å². The molecule has 0 aliphatic heterocycles. The number of para-hydroxylation sites is 1. The second-order valence-corrected chi connectivity index (χ2v) is 2.62. The Morgan fingerprint density at radius 1 is 1.43 bits per heavy atom. The Balaban J connectivity index is 0.00000169. The molecule has 1 aromatic carbocycles. The molecule has 0 bridgehead atoms. The largest absolute Gasteiger partial charge is 1.00 e. The Kier molecular flexibility index (Phi) is 6.10. The van der Waals surface area contributed by atoms with Crippen LogP contribution in [0.4, 0.5) is 0 Å². The normalized spacial score (nSPS) is 8.93. The van der Waals surface area contributed by atoms with E-state index in [1.54, 1.807) is 6.07 Å². The number of hydrogen-bond donors (Lipinski definition) is 0. The van der Waals surface area contributed by atoms with Crippen LogP contribution in [0.3, 0.4) is 0 Å². The predicted octanol–water partition coefficient (Wildman–Crippen LogP) is -2.62. The van der Waals surface area contributed by atoms with Crippen molar-refractivity contribution < 1.29 is 33.5 Å². The summed E-state index contributed by atoms with van der Waals surface area (Å²) in [6, 6.07) is 7.36. The van der Waals surface area contributed by atoms with Crippen LogP contribution in [0.2, 0.25) is 0 Å². The van der Waals surface area contributed by atoms with Gasteiger partial charge in [-0.25, -0.2) is 0 Å². The van der Waals surface area contributed by atoms with Crippen LogP contribution in [-0.4, -0.2) is 12.6 Å². The van der Waals surface area contributed by atoms with Crippen molar-refractivity contribution in [2.75, 3.05) is 6.61 Å². The van der Waals surface area contributed by atoms with Crippen molar-refractivity contribution in [3.8, 4) is 5.75 Å². The van der Waals surface area contributed by atoms with Gasteiger partial charge in [-0.3, -0.25) is 0 Å². The van der Waals surface area contributed by atoms with E-state index >= 15 is 0 Å². The maximum Gasteiger partial charge on any atom is 1.00 e. The van der Waals surface area contributed by atoms with Crippen LogP contribution in [0.25, 0.3) is 0 Å². The molecule has 0 atom stereocenters. The second-order valence-electron chi connectivity index (χ2n) is 2.62. The number of aliphatic carboxylic acids is 1. The molecule has 0 fully saturated rings. The van der Waals surface area contributed by atoms with Crippen molar-refractivity contribution in [1.82, 2.24) is 0 Å². The third-order valence-corrected chi connectivity index (χ3v) is 1.70. The minimum atomic E-state index is -1.20. The molecule has 3 nitrogen and oxygen atoms in total. The van der Waals surface area contributed by atoms with E-state index < -0.39 is 12.6 Å². The second kappa shape index (κ2) is 6.53. The van der Waals surface area contributed by atoms with Crippen LogP contribution < -0.4 is 28.7 Å². The van der Waals surface area contributed by atoms with E-state index in [9.17, 15) is 9.90 Å². The number of rotatable bonds is 4. The van der Waals surface area contributed by atoms with Gasteiger partial charge >= 0.3 is 18.9 Å². The van der Waals surface area contributed by atoms with Crippen LogP contribution in [0.15, 0.2) is 24.3 Å². The summed E-state index contributed by atoms with van der Waals surface area (Å²) in [5.41, 5.74) is 1.00. The van der Waals surface area contributed by atoms with E-state index in [-0.39, 0.29) is 18.9 Å². The van der Waals surface area contributed by atoms with Crippen LogP contribution >= 0.6 is 0 Å². The summed E-state index contributed by atoms with van der Waals surface area (Å²) in [4.78, 5) is 10.1. The molecular weight excluding hydrogens is 175 g/mol. The SMILES string of the molecule is CCc1ccccc1OCC(=O)[O-].[Li+]. The molecule has 70 valence electrons. The zero-order valence-corrected chi connectivity index (χ0v) is 8.45. The molecule has 0 saturated carbocycles. The van der Waals surface area contributed by atoms with E-state index in [1.165, 1.54) is 0 Å². The number of ether oxygens (including phenoxy) is 1. The summed E-state index contributed by atoms with van der Waals surface area (Å²) in [7, 11) is 0. The van der Waals surface area contributed by atoms with Crippen molar-refractivity contribution in [2.45, 2.75) is 13.3 Å². The van der Waals surface area contributed by atoms with Crippen molar-refractivity contribution >= 4 is 5.97 Å². The monoisotopic (exact) mass is 186 g/mol. The van der Waals surface area contributed by atoms with Crippen LogP contribution in [0, 0.1) is 0 Å². The molecule has 0 unspecified atom stereocenters. The Morgan fingerprint density at radius 3 is 2.64 bits per heavy atom. The fourth-order valence-corrected chi connectivity index (χ4v) is 1.07. The Morgan fingerprint density at radius 2 is 2.07 bits per heavy atom. The smallest absolute Gasteiger partial charge is 0.546 e. The zero-order valence-electron chi connectivity index (χ0n) is 8.45.